The maximum absolute atomic E-state index is 5.38. The Hall–Kier alpha value is -10.7. The summed E-state index contributed by atoms with van der Waals surface area (Å²) in [6, 6.07) is 87.0. The quantitative estimate of drug-likeness (QED) is 0.136. The molecule has 2 aliphatic rings. The van der Waals surface area contributed by atoms with Gasteiger partial charge in [-0.2, -0.15) is 0 Å². The van der Waals surface area contributed by atoms with E-state index in [1.807, 2.05) is 48.5 Å². The summed E-state index contributed by atoms with van der Waals surface area (Å²) in [6.45, 7) is 9.39. The van der Waals surface area contributed by atoms with Crippen LogP contribution in [0.4, 0.5) is 34.1 Å². The molecule has 0 atom stereocenters. The molecule has 0 spiro atoms. The van der Waals surface area contributed by atoms with Crippen LogP contribution in [0.25, 0.3) is 89.6 Å². The fraction of sp³-hybridized carbons (Fsp3) is 0.0789. The zero-order chi connectivity index (χ0) is 56.3. The van der Waals surface area contributed by atoms with Crippen LogP contribution in [-0.2, 0) is 10.8 Å². The van der Waals surface area contributed by atoms with Gasteiger partial charge in [0.2, 0.25) is 0 Å². The van der Waals surface area contributed by atoms with E-state index in [1.54, 1.807) is 0 Å². The molecule has 0 N–H and O–H groups in total. The summed E-state index contributed by atoms with van der Waals surface area (Å²) in [5.41, 5.74) is 27.6. The zero-order valence-corrected chi connectivity index (χ0v) is 47.0. The minimum absolute atomic E-state index is 0.249. The molecular weight excluding hydrogens is 1020 g/mol. The lowest BCUT2D eigenvalue weighted by atomic mass is 9.81. The molecule has 14 aromatic rings. The predicted octanol–water partition coefficient (Wildman–Crippen LogP) is 19.1. The van der Waals surface area contributed by atoms with Crippen molar-refractivity contribution in [2.45, 2.75) is 38.5 Å². The molecule has 0 bridgehead atoms. The van der Waals surface area contributed by atoms with Crippen molar-refractivity contribution < 1.29 is 0 Å². The maximum atomic E-state index is 5.38. The highest BCUT2D eigenvalue weighted by Gasteiger charge is 2.38. The molecular formula is C76H56N8. The smallest absolute Gasteiger partial charge is 0.137 e. The Morgan fingerprint density at radius 2 is 0.631 bits per heavy atom. The van der Waals surface area contributed by atoms with Crippen LogP contribution in [-0.4, -0.2) is 28.7 Å². The minimum Gasteiger partial charge on any atom is -0.310 e. The molecule has 0 aliphatic heterocycles. The molecule has 0 fully saturated rings. The van der Waals surface area contributed by atoms with Crippen molar-refractivity contribution in [1.82, 2.24) is 28.7 Å². The minimum atomic E-state index is -0.249. The molecule has 8 heteroatoms. The normalized spacial score (nSPS) is 13.4. The van der Waals surface area contributed by atoms with E-state index in [2.05, 4.69) is 265 Å². The molecule has 0 radical (unpaired) electrons. The van der Waals surface area contributed by atoms with Gasteiger partial charge in [0.1, 0.15) is 11.3 Å². The van der Waals surface area contributed by atoms with Crippen molar-refractivity contribution in [3.05, 3.63) is 290 Å². The Balaban J connectivity index is 0.731. The van der Waals surface area contributed by atoms with Crippen LogP contribution < -0.4 is 9.80 Å². The lowest BCUT2D eigenvalue weighted by Gasteiger charge is -2.28. The standard InChI is InChI=1S/C76H56N8/c1-75(2)63-43-51(69-47-81-41-15-13-23-71(81)77-69)29-37-59(63)61-39-35-57(45-65(61)75)83(53-17-7-5-8-18-53)55-31-25-49(26-32-55)73-74(80-68-22-12-11-21-67(68)79-73)50-27-33-56(34-28-50)84(54-19-9-6-10-20-54)58-36-40-62-60-38-30-52(44-64(60)76(3,4)66(62)46-58)70-48-82-42-16-14-24-72(82)78-70/h5-48H,1-4H3. The van der Waals surface area contributed by atoms with E-state index in [9.17, 15) is 0 Å². The third-order valence-electron chi connectivity index (χ3n) is 17.6. The van der Waals surface area contributed by atoms with Crippen LogP contribution in [0.15, 0.2) is 267 Å². The number of para-hydroxylation sites is 4. The Bertz CT molecular complexity index is 4530. The summed E-state index contributed by atoms with van der Waals surface area (Å²) < 4.78 is 4.17. The van der Waals surface area contributed by atoms with E-state index in [0.29, 0.717) is 0 Å². The second-order valence-electron chi connectivity index (χ2n) is 23.3. The van der Waals surface area contributed by atoms with Crippen LogP contribution in [0.2, 0.25) is 0 Å². The number of benzene rings is 9. The maximum Gasteiger partial charge on any atom is 0.137 e. The van der Waals surface area contributed by atoms with Gasteiger partial charge in [0.25, 0.3) is 0 Å². The number of nitrogens with zero attached hydrogens (tertiary/aromatic N) is 8. The molecule has 400 valence electrons. The Morgan fingerprint density at radius 1 is 0.298 bits per heavy atom. The number of imidazole rings is 2. The average Bonchev–Trinajstić information content (AvgIpc) is 2.84. The predicted molar refractivity (Wildman–Crippen MR) is 343 cm³/mol. The highest BCUT2D eigenvalue weighted by atomic mass is 15.1. The highest BCUT2D eigenvalue weighted by molar-refractivity contribution is 5.92. The lowest BCUT2D eigenvalue weighted by molar-refractivity contribution is 0.660. The summed E-state index contributed by atoms with van der Waals surface area (Å²) in [4.78, 5) is 25.4. The fourth-order valence-corrected chi connectivity index (χ4v) is 13.2. The van der Waals surface area contributed by atoms with E-state index in [4.69, 9.17) is 19.9 Å². The molecule has 0 saturated carbocycles. The number of aromatic nitrogens is 6. The molecule has 9 aromatic carbocycles. The van der Waals surface area contributed by atoms with Crippen molar-refractivity contribution in [1.29, 1.82) is 0 Å². The van der Waals surface area contributed by atoms with Crippen LogP contribution in [0.3, 0.4) is 0 Å². The third kappa shape index (κ3) is 7.97. The van der Waals surface area contributed by atoms with E-state index >= 15 is 0 Å². The van der Waals surface area contributed by atoms with Gasteiger partial charge in [0.05, 0.1) is 33.8 Å². The zero-order valence-electron chi connectivity index (χ0n) is 47.0. The van der Waals surface area contributed by atoms with Gasteiger partial charge in [-0.15, -0.1) is 0 Å². The van der Waals surface area contributed by atoms with Crippen LogP contribution in [0.5, 0.6) is 0 Å². The molecule has 8 nitrogen and oxygen atoms in total. The molecule has 16 rings (SSSR count). The number of rotatable bonds is 10. The van der Waals surface area contributed by atoms with Crippen molar-refractivity contribution in [2.24, 2.45) is 0 Å². The summed E-state index contributed by atoms with van der Waals surface area (Å²) in [6.07, 6.45) is 8.34. The van der Waals surface area contributed by atoms with Crippen LogP contribution in [0.1, 0.15) is 49.9 Å². The Morgan fingerprint density at radius 3 is 1.04 bits per heavy atom. The van der Waals surface area contributed by atoms with Crippen LogP contribution in [0, 0.1) is 0 Å². The van der Waals surface area contributed by atoms with Gasteiger partial charge in [0.15, 0.2) is 0 Å². The van der Waals surface area contributed by atoms with Crippen molar-refractivity contribution in [3.8, 4) is 67.3 Å². The number of hydrogen-bond donors (Lipinski definition) is 0. The molecule has 2 aliphatic carbocycles. The van der Waals surface area contributed by atoms with Gasteiger partial charge in [-0.1, -0.05) is 149 Å². The number of pyridine rings is 2. The van der Waals surface area contributed by atoms with E-state index in [0.717, 1.165) is 101 Å². The van der Waals surface area contributed by atoms with Crippen LogP contribution >= 0.6 is 0 Å². The summed E-state index contributed by atoms with van der Waals surface area (Å²) in [5, 5.41) is 0. The second kappa shape index (κ2) is 18.9. The van der Waals surface area contributed by atoms with Crippen molar-refractivity contribution in [2.75, 3.05) is 9.80 Å². The van der Waals surface area contributed by atoms with Gasteiger partial charge < -0.3 is 18.6 Å². The van der Waals surface area contributed by atoms with Gasteiger partial charge in [-0.05, 0) is 166 Å². The Kier molecular flexibility index (Phi) is 11.1. The molecule has 5 heterocycles. The second-order valence-corrected chi connectivity index (χ2v) is 23.3. The van der Waals surface area contributed by atoms with Gasteiger partial charge in [0, 0.05) is 92.0 Å². The lowest BCUT2D eigenvalue weighted by Crippen LogP contribution is -2.16. The van der Waals surface area contributed by atoms with E-state index in [-0.39, 0.29) is 10.8 Å². The molecule has 0 unspecified atom stereocenters. The average molecular weight is 1080 g/mol. The highest BCUT2D eigenvalue weighted by Crippen LogP contribution is 2.54. The molecule has 0 amide bonds. The van der Waals surface area contributed by atoms with E-state index in [1.165, 1.54) is 44.5 Å². The Labute approximate surface area is 487 Å². The molecule has 5 aromatic heterocycles. The monoisotopic (exact) mass is 1080 g/mol. The number of hydrogen-bond acceptors (Lipinski definition) is 6. The van der Waals surface area contributed by atoms with Gasteiger partial charge >= 0.3 is 0 Å². The third-order valence-corrected chi connectivity index (χ3v) is 17.6. The van der Waals surface area contributed by atoms with Gasteiger partial charge in [-0.25, -0.2) is 19.9 Å². The first-order valence-corrected chi connectivity index (χ1v) is 28.8. The van der Waals surface area contributed by atoms with E-state index < -0.39 is 0 Å². The largest absolute Gasteiger partial charge is 0.310 e. The first-order chi connectivity index (χ1) is 41.1. The summed E-state index contributed by atoms with van der Waals surface area (Å²) in [5.74, 6) is 0. The fourth-order valence-electron chi connectivity index (χ4n) is 13.2. The molecule has 0 saturated heterocycles. The number of anilines is 6. The topological polar surface area (TPSA) is 66.9 Å². The molecule has 84 heavy (non-hydrogen) atoms. The van der Waals surface area contributed by atoms with Gasteiger partial charge in [-0.3, -0.25) is 0 Å². The summed E-state index contributed by atoms with van der Waals surface area (Å²) >= 11 is 0. The summed E-state index contributed by atoms with van der Waals surface area (Å²) in [7, 11) is 0. The van der Waals surface area contributed by atoms with Crippen molar-refractivity contribution >= 4 is 56.5 Å². The van der Waals surface area contributed by atoms with Crippen molar-refractivity contribution in [3.63, 3.8) is 0 Å². The SMILES string of the molecule is CC1(C)c2cc(-c3cn4ccccc4n3)ccc2-c2ccc(N(c3ccccc3)c3ccc(-c4nc5ccccc5nc4-c4ccc(N(c5ccccc5)c5ccc6c(c5)C(C)(C)c5cc(-c7cn8ccccc8n7)ccc5-6)cc4)cc3)cc21. The first kappa shape index (κ1) is 49.1. The number of fused-ring (bicyclic) bond motifs is 9. The first-order valence-electron chi connectivity index (χ1n) is 28.8.